The molecule has 0 fully saturated rings. The Morgan fingerprint density at radius 2 is 1.83 bits per heavy atom. The number of hydrogen-bond acceptors (Lipinski definition) is 7. The molecule has 0 aliphatic carbocycles. The van der Waals surface area contributed by atoms with E-state index in [2.05, 4.69) is 24.4 Å². The first-order valence-electron chi connectivity index (χ1n) is 4.01. The Labute approximate surface area is 107 Å². The molecule has 0 aliphatic rings. The van der Waals surface area contributed by atoms with E-state index < -0.39 is 12.2 Å². The van der Waals surface area contributed by atoms with Gasteiger partial charge in [-0.3, -0.25) is 0 Å². The molecule has 0 saturated carbocycles. The molecular weight excluding hydrogens is 302 g/mol. The average molecular weight is 307 g/mol. The number of nitrogens with two attached hydrogens (primary N) is 1. The molecule has 0 unspecified atom stereocenters. The zero-order chi connectivity index (χ0) is 13.6. The SMILES string of the molecule is NOOSc1ccc(F)c(SOOC(F)(F)F)c1. The van der Waals surface area contributed by atoms with Crippen LogP contribution in [0.3, 0.4) is 0 Å². The summed E-state index contributed by atoms with van der Waals surface area (Å²) in [6.07, 6.45) is -4.97. The van der Waals surface area contributed by atoms with Crippen molar-refractivity contribution in [3.05, 3.63) is 24.0 Å². The topological polar surface area (TPSA) is 62.9 Å². The second kappa shape index (κ2) is 7.13. The molecule has 102 valence electrons. The smallest absolute Gasteiger partial charge is 0.206 e. The third kappa shape index (κ3) is 5.86. The van der Waals surface area contributed by atoms with Crippen LogP contribution < -0.4 is 5.90 Å². The van der Waals surface area contributed by atoms with Gasteiger partial charge in [-0.25, -0.2) is 4.39 Å². The highest BCUT2D eigenvalue weighted by atomic mass is 32.2. The minimum Gasteiger partial charge on any atom is -0.206 e. The van der Waals surface area contributed by atoms with Crippen molar-refractivity contribution in [3.63, 3.8) is 0 Å². The molecule has 0 aliphatic heterocycles. The third-order valence-electron chi connectivity index (χ3n) is 1.32. The number of alkyl halides is 3. The Morgan fingerprint density at radius 1 is 1.11 bits per heavy atom. The van der Waals surface area contributed by atoms with Gasteiger partial charge in [0.05, 0.1) is 29.0 Å². The van der Waals surface area contributed by atoms with E-state index >= 15 is 0 Å². The summed E-state index contributed by atoms with van der Waals surface area (Å²) in [5.41, 5.74) is 0. The Kier molecular flexibility index (Phi) is 6.14. The number of halogens is 4. The van der Waals surface area contributed by atoms with Crippen molar-refractivity contribution < 1.29 is 36.1 Å². The first-order chi connectivity index (χ1) is 8.42. The van der Waals surface area contributed by atoms with Crippen LogP contribution >= 0.6 is 24.1 Å². The Bertz CT molecular complexity index is 392. The van der Waals surface area contributed by atoms with E-state index in [9.17, 15) is 17.6 Å². The van der Waals surface area contributed by atoms with Gasteiger partial charge in [0.2, 0.25) is 0 Å². The van der Waals surface area contributed by atoms with Gasteiger partial charge in [0.15, 0.2) is 0 Å². The lowest BCUT2D eigenvalue weighted by atomic mass is 10.3. The highest BCUT2D eigenvalue weighted by molar-refractivity contribution is 7.95. The summed E-state index contributed by atoms with van der Waals surface area (Å²) in [4.78, 5) is 6.92. The van der Waals surface area contributed by atoms with Crippen LogP contribution in [0.2, 0.25) is 0 Å². The van der Waals surface area contributed by atoms with Crippen LogP contribution in [0.25, 0.3) is 0 Å². The number of benzene rings is 1. The summed E-state index contributed by atoms with van der Waals surface area (Å²) in [5.74, 6) is 3.79. The van der Waals surface area contributed by atoms with E-state index in [1.165, 1.54) is 6.07 Å². The molecule has 11 heteroatoms. The molecule has 0 spiro atoms. The lowest BCUT2D eigenvalue weighted by Crippen LogP contribution is -2.11. The standard InChI is InChI=1S/C7H5F4NO4S2/c8-5-2-1-4(17-16-14-12)3-6(5)18-15-13-7(9,10)11/h1-3H,12H2. The molecule has 0 bridgehead atoms. The fourth-order valence-electron chi connectivity index (χ4n) is 0.751. The van der Waals surface area contributed by atoms with E-state index in [-0.39, 0.29) is 16.9 Å². The van der Waals surface area contributed by atoms with Gasteiger partial charge in [0.25, 0.3) is 0 Å². The normalized spacial score (nSPS) is 11.8. The van der Waals surface area contributed by atoms with Gasteiger partial charge < -0.3 is 0 Å². The maximum atomic E-state index is 13.2. The van der Waals surface area contributed by atoms with Gasteiger partial charge in [0.1, 0.15) is 5.82 Å². The molecule has 0 aromatic heterocycles. The summed E-state index contributed by atoms with van der Waals surface area (Å²) < 4.78 is 56.0. The lowest BCUT2D eigenvalue weighted by Gasteiger charge is -2.06. The second-order valence-corrected chi connectivity index (χ2v) is 4.04. The number of rotatable bonds is 6. The van der Waals surface area contributed by atoms with Gasteiger partial charge in [-0.2, -0.15) is 5.90 Å². The largest absolute Gasteiger partial charge is 0.550 e. The van der Waals surface area contributed by atoms with Crippen LogP contribution in [0, 0.1) is 5.82 Å². The summed E-state index contributed by atoms with van der Waals surface area (Å²) in [6.45, 7) is 0. The van der Waals surface area contributed by atoms with E-state index in [1.54, 1.807) is 0 Å². The first kappa shape index (κ1) is 15.5. The van der Waals surface area contributed by atoms with E-state index in [0.717, 1.165) is 12.1 Å². The van der Waals surface area contributed by atoms with Crippen LogP contribution in [0.5, 0.6) is 0 Å². The van der Waals surface area contributed by atoms with Crippen molar-refractivity contribution >= 4 is 24.1 Å². The minimum absolute atomic E-state index is 0.0634. The van der Waals surface area contributed by atoms with Crippen LogP contribution in [0.1, 0.15) is 0 Å². The van der Waals surface area contributed by atoms with Crippen molar-refractivity contribution in [3.8, 4) is 0 Å². The molecule has 0 atom stereocenters. The minimum atomic E-state index is -4.97. The summed E-state index contributed by atoms with van der Waals surface area (Å²) >= 11 is 0.700. The van der Waals surface area contributed by atoms with Gasteiger partial charge in [-0.1, -0.05) is 0 Å². The number of hydrogen-bond donors (Lipinski definition) is 1. The Balaban J connectivity index is 2.58. The van der Waals surface area contributed by atoms with Gasteiger partial charge in [-0.05, 0) is 18.2 Å². The van der Waals surface area contributed by atoms with Gasteiger partial charge in [-0.15, -0.1) is 31.7 Å². The van der Waals surface area contributed by atoms with Crippen molar-refractivity contribution in [2.24, 2.45) is 5.90 Å². The molecule has 0 saturated heterocycles. The zero-order valence-corrected chi connectivity index (χ0v) is 9.90. The predicted molar refractivity (Wildman–Crippen MR) is 52.7 cm³/mol. The zero-order valence-electron chi connectivity index (χ0n) is 8.27. The van der Waals surface area contributed by atoms with Crippen LogP contribution in [0.4, 0.5) is 17.6 Å². The molecular formula is C7H5F4NO4S2. The van der Waals surface area contributed by atoms with E-state index in [4.69, 9.17) is 0 Å². The van der Waals surface area contributed by atoms with E-state index in [0.29, 0.717) is 16.9 Å². The van der Waals surface area contributed by atoms with Gasteiger partial charge in [0, 0.05) is 4.90 Å². The Morgan fingerprint density at radius 3 is 2.44 bits per heavy atom. The predicted octanol–water partition coefficient (Wildman–Crippen LogP) is 3.13. The second-order valence-electron chi connectivity index (χ2n) is 2.52. The summed E-state index contributed by atoms with van der Waals surface area (Å²) in [5, 5.41) is 0. The lowest BCUT2D eigenvalue weighted by molar-refractivity contribution is -0.440. The van der Waals surface area contributed by atoms with Crippen LogP contribution in [-0.2, 0) is 18.5 Å². The molecule has 0 radical (unpaired) electrons. The summed E-state index contributed by atoms with van der Waals surface area (Å²) in [7, 11) is 0. The molecule has 2 N–H and O–H groups in total. The van der Waals surface area contributed by atoms with Crippen LogP contribution in [-0.4, -0.2) is 6.36 Å². The maximum absolute atomic E-state index is 13.2. The third-order valence-corrected chi connectivity index (χ3v) is 2.55. The molecule has 0 amide bonds. The van der Waals surface area contributed by atoms with Crippen molar-refractivity contribution in [1.29, 1.82) is 0 Å². The van der Waals surface area contributed by atoms with Crippen molar-refractivity contribution in [2.75, 3.05) is 0 Å². The van der Waals surface area contributed by atoms with E-state index in [1.807, 2.05) is 0 Å². The van der Waals surface area contributed by atoms with Crippen molar-refractivity contribution in [2.45, 2.75) is 16.2 Å². The molecule has 1 aromatic rings. The highest BCUT2D eigenvalue weighted by Gasteiger charge is 2.31. The molecule has 18 heavy (non-hydrogen) atoms. The van der Waals surface area contributed by atoms with Crippen molar-refractivity contribution in [1.82, 2.24) is 0 Å². The monoisotopic (exact) mass is 307 g/mol. The van der Waals surface area contributed by atoms with Gasteiger partial charge >= 0.3 is 6.36 Å². The molecule has 1 aromatic carbocycles. The first-order valence-corrected chi connectivity index (χ1v) is 5.49. The molecule has 0 heterocycles. The quantitative estimate of drug-likeness (QED) is 0.375. The average Bonchev–Trinajstić information content (AvgIpc) is 2.28. The molecule has 5 nitrogen and oxygen atoms in total. The molecule has 1 rings (SSSR count). The highest BCUT2D eigenvalue weighted by Crippen LogP contribution is 2.30. The Hall–Kier alpha value is -0.560. The fraction of sp³-hybridized carbons (Fsp3) is 0.143. The van der Waals surface area contributed by atoms with Crippen LogP contribution in [0.15, 0.2) is 28.0 Å². The summed E-state index contributed by atoms with van der Waals surface area (Å²) in [6, 6.07) is 3.46. The fourth-order valence-corrected chi connectivity index (χ4v) is 1.74. The maximum Gasteiger partial charge on any atom is 0.550 e.